The highest BCUT2D eigenvalue weighted by atomic mass is 15.2. The van der Waals surface area contributed by atoms with Crippen LogP contribution in [-0.2, 0) is 13.0 Å². The molecule has 3 N–H and O–H groups in total. The van der Waals surface area contributed by atoms with Gasteiger partial charge in [0.15, 0.2) is 0 Å². The molecular formula is C14H21N3. The van der Waals surface area contributed by atoms with Gasteiger partial charge < -0.3 is 11.1 Å². The van der Waals surface area contributed by atoms with Crippen LogP contribution in [0.3, 0.4) is 0 Å². The molecule has 2 heterocycles. The van der Waals surface area contributed by atoms with Crippen molar-refractivity contribution in [3.8, 4) is 0 Å². The predicted octanol–water partition coefficient (Wildman–Crippen LogP) is 0.735. The highest BCUT2D eigenvalue weighted by Crippen LogP contribution is 2.28. The smallest absolute Gasteiger partial charge is 0.0471 e. The van der Waals surface area contributed by atoms with E-state index in [1.807, 2.05) is 0 Å². The molecule has 92 valence electrons. The Morgan fingerprint density at radius 1 is 1.29 bits per heavy atom. The SMILES string of the molecule is NCC1(N2CCc3ccccc3C2)CCNC1. The number of fused-ring (bicyclic) bond motifs is 1. The second kappa shape index (κ2) is 4.41. The number of nitrogens with one attached hydrogen (secondary N) is 1. The molecule has 1 atom stereocenters. The van der Waals surface area contributed by atoms with Gasteiger partial charge in [0, 0.05) is 31.7 Å². The standard InChI is InChI=1S/C14H21N3/c15-10-14(6-7-16-11-14)17-8-5-12-3-1-2-4-13(12)9-17/h1-4,16H,5-11,15H2. The van der Waals surface area contributed by atoms with Crippen LogP contribution in [0.2, 0.25) is 0 Å². The van der Waals surface area contributed by atoms with Crippen LogP contribution in [0.25, 0.3) is 0 Å². The van der Waals surface area contributed by atoms with Crippen LogP contribution in [-0.4, -0.2) is 36.6 Å². The Morgan fingerprint density at radius 3 is 2.82 bits per heavy atom. The van der Waals surface area contributed by atoms with Gasteiger partial charge in [0.2, 0.25) is 0 Å². The van der Waals surface area contributed by atoms with E-state index in [1.54, 1.807) is 0 Å². The van der Waals surface area contributed by atoms with Crippen LogP contribution in [0, 0.1) is 0 Å². The van der Waals surface area contributed by atoms with Gasteiger partial charge in [-0.25, -0.2) is 0 Å². The molecular weight excluding hydrogens is 210 g/mol. The summed E-state index contributed by atoms with van der Waals surface area (Å²) in [7, 11) is 0. The van der Waals surface area contributed by atoms with Crippen molar-refractivity contribution >= 4 is 0 Å². The molecule has 0 amide bonds. The van der Waals surface area contributed by atoms with Crippen LogP contribution < -0.4 is 11.1 Å². The Bertz CT molecular complexity index is 396. The third-order valence-corrected chi connectivity index (χ3v) is 4.40. The third kappa shape index (κ3) is 1.88. The summed E-state index contributed by atoms with van der Waals surface area (Å²) in [5.41, 5.74) is 9.24. The zero-order chi connectivity index (χ0) is 11.7. The Hall–Kier alpha value is -0.900. The maximum absolute atomic E-state index is 6.04. The topological polar surface area (TPSA) is 41.3 Å². The maximum Gasteiger partial charge on any atom is 0.0471 e. The molecule has 17 heavy (non-hydrogen) atoms. The largest absolute Gasteiger partial charge is 0.329 e. The van der Waals surface area contributed by atoms with Crippen molar-refractivity contribution in [2.75, 3.05) is 26.2 Å². The minimum atomic E-state index is 0.202. The van der Waals surface area contributed by atoms with Crippen molar-refractivity contribution in [2.45, 2.75) is 24.9 Å². The lowest BCUT2D eigenvalue weighted by Gasteiger charge is -2.42. The number of hydrogen-bond donors (Lipinski definition) is 2. The first-order chi connectivity index (χ1) is 8.34. The fraction of sp³-hybridized carbons (Fsp3) is 0.571. The van der Waals surface area contributed by atoms with Crippen LogP contribution in [0.4, 0.5) is 0 Å². The number of hydrogen-bond acceptors (Lipinski definition) is 3. The summed E-state index contributed by atoms with van der Waals surface area (Å²) in [6.07, 6.45) is 2.35. The maximum atomic E-state index is 6.04. The lowest BCUT2D eigenvalue weighted by Crippen LogP contribution is -2.56. The van der Waals surface area contributed by atoms with Crippen molar-refractivity contribution in [3.05, 3.63) is 35.4 Å². The second-order valence-electron chi connectivity index (χ2n) is 5.30. The molecule has 0 spiro atoms. The molecule has 1 aromatic rings. The minimum absolute atomic E-state index is 0.202. The molecule has 2 aliphatic rings. The van der Waals surface area contributed by atoms with E-state index in [0.29, 0.717) is 0 Å². The van der Waals surface area contributed by atoms with Gasteiger partial charge in [-0.1, -0.05) is 24.3 Å². The van der Waals surface area contributed by atoms with Crippen molar-refractivity contribution in [3.63, 3.8) is 0 Å². The van der Waals surface area contributed by atoms with E-state index >= 15 is 0 Å². The molecule has 0 saturated carbocycles. The zero-order valence-electron chi connectivity index (χ0n) is 10.3. The monoisotopic (exact) mass is 231 g/mol. The average molecular weight is 231 g/mol. The summed E-state index contributed by atoms with van der Waals surface area (Å²) in [4.78, 5) is 2.59. The van der Waals surface area contributed by atoms with E-state index in [4.69, 9.17) is 5.73 Å². The summed E-state index contributed by atoms with van der Waals surface area (Å²) < 4.78 is 0. The van der Waals surface area contributed by atoms with Crippen molar-refractivity contribution in [1.29, 1.82) is 0 Å². The highest BCUT2D eigenvalue weighted by molar-refractivity contribution is 5.29. The first-order valence-electron chi connectivity index (χ1n) is 6.57. The normalized spacial score (nSPS) is 29.2. The molecule has 2 aliphatic heterocycles. The zero-order valence-corrected chi connectivity index (χ0v) is 10.3. The lowest BCUT2D eigenvalue weighted by atomic mass is 9.91. The first-order valence-corrected chi connectivity index (χ1v) is 6.57. The molecule has 1 unspecified atom stereocenters. The molecule has 0 aliphatic carbocycles. The Kier molecular flexibility index (Phi) is 2.90. The second-order valence-corrected chi connectivity index (χ2v) is 5.30. The number of nitrogens with zero attached hydrogens (tertiary/aromatic N) is 1. The van der Waals surface area contributed by atoms with Gasteiger partial charge in [-0.15, -0.1) is 0 Å². The Labute approximate surface area is 103 Å². The molecule has 0 radical (unpaired) electrons. The highest BCUT2D eigenvalue weighted by Gasteiger charge is 2.39. The van der Waals surface area contributed by atoms with Crippen molar-refractivity contribution in [1.82, 2.24) is 10.2 Å². The van der Waals surface area contributed by atoms with Gasteiger partial charge in [-0.3, -0.25) is 4.90 Å². The van der Waals surface area contributed by atoms with Crippen LogP contribution >= 0.6 is 0 Å². The summed E-state index contributed by atoms with van der Waals surface area (Å²) >= 11 is 0. The van der Waals surface area contributed by atoms with Crippen molar-refractivity contribution < 1.29 is 0 Å². The van der Waals surface area contributed by atoms with Gasteiger partial charge in [0.05, 0.1) is 0 Å². The molecule has 3 nitrogen and oxygen atoms in total. The number of rotatable bonds is 2. The minimum Gasteiger partial charge on any atom is -0.329 e. The summed E-state index contributed by atoms with van der Waals surface area (Å²) in [5, 5.41) is 3.46. The molecule has 1 fully saturated rings. The molecule has 1 saturated heterocycles. The average Bonchev–Trinajstić information content (AvgIpc) is 2.88. The van der Waals surface area contributed by atoms with Gasteiger partial charge in [-0.2, -0.15) is 0 Å². The molecule has 3 heteroatoms. The summed E-state index contributed by atoms with van der Waals surface area (Å²) in [6, 6.07) is 8.80. The van der Waals surface area contributed by atoms with Gasteiger partial charge in [0.25, 0.3) is 0 Å². The quantitative estimate of drug-likeness (QED) is 0.788. The third-order valence-electron chi connectivity index (χ3n) is 4.40. The van der Waals surface area contributed by atoms with Gasteiger partial charge in [-0.05, 0) is 30.5 Å². The van der Waals surface area contributed by atoms with Crippen LogP contribution in [0.5, 0.6) is 0 Å². The van der Waals surface area contributed by atoms with E-state index < -0.39 is 0 Å². The van der Waals surface area contributed by atoms with Crippen LogP contribution in [0.1, 0.15) is 17.5 Å². The molecule has 0 aromatic heterocycles. The van der Waals surface area contributed by atoms with E-state index in [-0.39, 0.29) is 5.54 Å². The van der Waals surface area contributed by atoms with Gasteiger partial charge in [0.1, 0.15) is 0 Å². The summed E-state index contributed by atoms with van der Waals surface area (Å²) in [6.45, 7) is 5.13. The Balaban J connectivity index is 1.83. The van der Waals surface area contributed by atoms with Crippen molar-refractivity contribution in [2.24, 2.45) is 5.73 Å². The first kappa shape index (κ1) is 11.2. The lowest BCUT2D eigenvalue weighted by molar-refractivity contribution is 0.0957. The number of benzene rings is 1. The predicted molar refractivity (Wildman–Crippen MR) is 69.8 cm³/mol. The van der Waals surface area contributed by atoms with E-state index in [9.17, 15) is 0 Å². The number of nitrogens with two attached hydrogens (primary N) is 1. The van der Waals surface area contributed by atoms with E-state index in [1.165, 1.54) is 17.5 Å². The fourth-order valence-corrected chi connectivity index (χ4v) is 3.20. The fourth-order valence-electron chi connectivity index (χ4n) is 3.20. The molecule has 1 aromatic carbocycles. The molecule has 0 bridgehead atoms. The van der Waals surface area contributed by atoms with Crippen LogP contribution in [0.15, 0.2) is 24.3 Å². The Morgan fingerprint density at radius 2 is 2.12 bits per heavy atom. The van der Waals surface area contributed by atoms with E-state index in [0.717, 1.165) is 39.1 Å². The summed E-state index contributed by atoms with van der Waals surface area (Å²) in [5.74, 6) is 0. The molecule has 3 rings (SSSR count). The van der Waals surface area contributed by atoms with Gasteiger partial charge >= 0.3 is 0 Å². The van der Waals surface area contributed by atoms with E-state index in [2.05, 4.69) is 34.5 Å².